The zero-order valence-electron chi connectivity index (χ0n) is 11.9. The van der Waals surface area contributed by atoms with Crippen molar-refractivity contribution in [2.24, 2.45) is 5.92 Å². The highest BCUT2D eigenvalue weighted by Crippen LogP contribution is 2.21. The van der Waals surface area contributed by atoms with Gasteiger partial charge in [-0.1, -0.05) is 0 Å². The smallest absolute Gasteiger partial charge is 0.241 e. The van der Waals surface area contributed by atoms with E-state index >= 15 is 0 Å². The SMILES string of the molecule is Cc1cc(F)cc(C)c1S(=O)(=O)NCCC1CCNC1. The highest BCUT2D eigenvalue weighted by Gasteiger charge is 2.21. The van der Waals surface area contributed by atoms with E-state index in [9.17, 15) is 12.8 Å². The maximum Gasteiger partial charge on any atom is 0.241 e. The van der Waals surface area contributed by atoms with Crippen molar-refractivity contribution < 1.29 is 12.8 Å². The fraction of sp³-hybridized carbons (Fsp3) is 0.571. The van der Waals surface area contributed by atoms with Gasteiger partial charge in [-0.05, 0) is 69.0 Å². The largest absolute Gasteiger partial charge is 0.316 e. The topological polar surface area (TPSA) is 58.2 Å². The Hall–Kier alpha value is -0.980. The number of sulfonamides is 1. The molecule has 2 N–H and O–H groups in total. The Morgan fingerprint density at radius 2 is 2.00 bits per heavy atom. The number of hydrogen-bond acceptors (Lipinski definition) is 3. The standard InChI is InChI=1S/C14H21FN2O2S/c1-10-7-13(15)8-11(2)14(10)20(18,19)17-6-4-12-3-5-16-9-12/h7-8,12,16-17H,3-6,9H2,1-2H3. The lowest BCUT2D eigenvalue weighted by atomic mass is 10.1. The molecular weight excluding hydrogens is 279 g/mol. The van der Waals surface area contributed by atoms with Crippen LogP contribution < -0.4 is 10.0 Å². The van der Waals surface area contributed by atoms with Gasteiger partial charge in [0.1, 0.15) is 5.82 Å². The predicted octanol–water partition coefficient (Wildman–Crippen LogP) is 1.72. The Bertz CT molecular complexity index is 558. The second kappa shape index (κ2) is 6.20. The molecule has 112 valence electrons. The third-order valence-corrected chi connectivity index (χ3v) is 5.47. The van der Waals surface area contributed by atoms with Crippen molar-refractivity contribution in [3.05, 3.63) is 29.1 Å². The fourth-order valence-electron chi connectivity index (χ4n) is 2.75. The molecule has 0 aliphatic carbocycles. The van der Waals surface area contributed by atoms with Crippen LogP contribution in [0.4, 0.5) is 4.39 Å². The second-order valence-corrected chi connectivity index (χ2v) is 7.12. The summed E-state index contributed by atoms with van der Waals surface area (Å²) >= 11 is 0. The lowest BCUT2D eigenvalue weighted by Gasteiger charge is -2.13. The van der Waals surface area contributed by atoms with Crippen molar-refractivity contribution >= 4 is 10.0 Å². The van der Waals surface area contributed by atoms with Crippen molar-refractivity contribution in [3.63, 3.8) is 0 Å². The van der Waals surface area contributed by atoms with Crippen LogP contribution in [0.3, 0.4) is 0 Å². The normalized spacial score (nSPS) is 19.4. The summed E-state index contributed by atoms with van der Waals surface area (Å²) in [6.45, 7) is 5.62. The minimum Gasteiger partial charge on any atom is -0.316 e. The number of aryl methyl sites for hydroxylation is 2. The number of halogens is 1. The molecule has 1 aromatic carbocycles. The van der Waals surface area contributed by atoms with Crippen LogP contribution in [-0.4, -0.2) is 28.1 Å². The third kappa shape index (κ3) is 3.56. The number of nitrogens with one attached hydrogen (secondary N) is 2. The first-order chi connectivity index (χ1) is 9.40. The minimum atomic E-state index is -3.57. The van der Waals surface area contributed by atoms with E-state index in [0.29, 0.717) is 23.6 Å². The zero-order valence-corrected chi connectivity index (χ0v) is 12.7. The summed E-state index contributed by atoms with van der Waals surface area (Å²) in [5.74, 6) is 0.129. The first-order valence-corrected chi connectivity index (χ1v) is 8.35. The fourth-order valence-corrected chi connectivity index (χ4v) is 4.25. The van der Waals surface area contributed by atoms with E-state index in [4.69, 9.17) is 0 Å². The van der Waals surface area contributed by atoms with E-state index in [1.54, 1.807) is 13.8 Å². The van der Waals surface area contributed by atoms with E-state index in [2.05, 4.69) is 10.0 Å². The molecule has 0 amide bonds. The molecule has 0 bridgehead atoms. The summed E-state index contributed by atoms with van der Waals surface area (Å²) in [6, 6.07) is 2.50. The minimum absolute atomic E-state index is 0.198. The summed E-state index contributed by atoms with van der Waals surface area (Å²) in [4.78, 5) is 0.198. The van der Waals surface area contributed by atoms with Gasteiger partial charge < -0.3 is 5.32 Å². The monoisotopic (exact) mass is 300 g/mol. The van der Waals surface area contributed by atoms with Crippen LogP contribution in [0, 0.1) is 25.6 Å². The Morgan fingerprint density at radius 1 is 1.35 bits per heavy atom. The van der Waals surface area contributed by atoms with Crippen LogP contribution in [0.15, 0.2) is 17.0 Å². The van der Waals surface area contributed by atoms with Gasteiger partial charge in [0.25, 0.3) is 0 Å². The quantitative estimate of drug-likeness (QED) is 0.870. The molecule has 1 saturated heterocycles. The molecule has 2 rings (SSSR count). The highest BCUT2D eigenvalue weighted by molar-refractivity contribution is 7.89. The van der Waals surface area contributed by atoms with Gasteiger partial charge >= 0.3 is 0 Å². The molecule has 4 nitrogen and oxygen atoms in total. The molecule has 1 aliphatic heterocycles. The van der Waals surface area contributed by atoms with Gasteiger partial charge in [0.15, 0.2) is 0 Å². The molecular formula is C14H21FN2O2S. The van der Waals surface area contributed by atoms with Crippen LogP contribution in [0.25, 0.3) is 0 Å². The average molecular weight is 300 g/mol. The van der Waals surface area contributed by atoms with E-state index in [-0.39, 0.29) is 4.90 Å². The molecule has 0 spiro atoms. The van der Waals surface area contributed by atoms with Crippen LogP contribution in [0.1, 0.15) is 24.0 Å². The molecule has 1 atom stereocenters. The Kier molecular flexibility index (Phi) is 4.78. The summed E-state index contributed by atoms with van der Waals surface area (Å²) in [5, 5.41) is 3.26. The number of hydrogen-bond donors (Lipinski definition) is 2. The van der Waals surface area contributed by atoms with Crippen molar-refractivity contribution in [2.45, 2.75) is 31.6 Å². The Balaban J connectivity index is 2.06. The zero-order chi connectivity index (χ0) is 14.8. The van der Waals surface area contributed by atoms with E-state index in [1.807, 2.05) is 0 Å². The molecule has 1 aromatic rings. The lowest BCUT2D eigenvalue weighted by molar-refractivity contribution is 0.519. The van der Waals surface area contributed by atoms with Crippen LogP contribution >= 0.6 is 0 Å². The molecule has 1 aliphatic rings. The Morgan fingerprint density at radius 3 is 2.55 bits per heavy atom. The van der Waals surface area contributed by atoms with Crippen LogP contribution in [0.5, 0.6) is 0 Å². The summed E-state index contributed by atoms with van der Waals surface area (Å²) in [7, 11) is -3.57. The summed E-state index contributed by atoms with van der Waals surface area (Å²) < 4.78 is 40.5. The van der Waals surface area contributed by atoms with Gasteiger partial charge in [0.05, 0.1) is 4.90 Å². The maximum atomic E-state index is 13.2. The van der Waals surface area contributed by atoms with E-state index in [1.165, 1.54) is 12.1 Å². The van der Waals surface area contributed by atoms with Crippen molar-refractivity contribution in [2.75, 3.05) is 19.6 Å². The first-order valence-electron chi connectivity index (χ1n) is 6.87. The summed E-state index contributed by atoms with van der Waals surface area (Å²) in [6.07, 6.45) is 1.92. The van der Waals surface area contributed by atoms with Crippen molar-refractivity contribution in [1.29, 1.82) is 0 Å². The number of benzene rings is 1. The molecule has 1 fully saturated rings. The van der Waals surface area contributed by atoms with Gasteiger partial charge in [-0.15, -0.1) is 0 Å². The molecule has 1 unspecified atom stereocenters. The van der Waals surface area contributed by atoms with Crippen molar-refractivity contribution in [1.82, 2.24) is 10.0 Å². The van der Waals surface area contributed by atoms with Gasteiger partial charge in [-0.25, -0.2) is 17.5 Å². The van der Waals surface area contributed by atoms with Gasteiger partial charge in [-0.2, -0.15) is 0 Å². The molecule has 0 radical (unpaired) electrons. The highest BCUT2D eigenvalue weighted by atomic mass is 32.2. The summed E-state index contributed by atoms with van der Waals surface area (Å²) in [5.41, 5.74) is 0.884. The second-order valence-electron chi connectivity index (χ2n) is 5.41. The molecule has 1 heterocycles. The number of rotatable bonds is 5. The van der Waals surface area contributed by atoms with Gasteiger partial charge in [0.2, 0.25) is 10.0 Å². The van der Waals surface area contributed by atoms with E-state index in [0.717, 1.165) is 25.9 Å². The van der Waals surface area contributed by atoms with Crippen molar-refractivity contribution in [3.8, 4) is 0 Å². The average Bonchev–Trinajstić information content (AvgIpc) is 2.79. The van der Waals surface area contributed by atoms with Gasteiger partial charge in [0, 0.05) is 6.54 Å². The van der Waals surface area contributed by atoms with Crippen LogP contribution in [-0.2, 0) is 10.0 Å². The predicted molar refractivity (Wildman–Crippen MR) is 76.7 cm³/mol. The molecule has 0 saturated carbocycles. The van der Waals surface area contributed by atoms with Gasteiger partial charge in [-0.3, -0.25) is 0 Å². The van der Waals surface area contributed by atoms with Crippen LogP contribution in [0.2, 0.25) is 0 Å². The Labute approximate surface area is 119 Å². The molecule has 20 heavy (non-hydrogen) atoms. The molecule has 6 heteroatoms. The molecule has 0 aromatic heterocycles. The van der Waals surface area contributed by atoms with E-state index < -0.39 is 15.8 Å². The maximum absolute atomic E-state index is 13.2. The lowest BCUT2D eigenvalue weighted by Crippen LogP contribution is -2.28. The first kappa shape index (κ1) is 15.4. The third-order valence-electron chi connectivity index (χ3n) is 3.70.